The van der Waals surface area contributed by atoms with Crippen LogP contribution in [0.25, 0.3) is 0 Å². The molecule has 2 heteroatoms. The van der Waals surface area contributed by atoms with Crippen molar-refractivity contribution < 1.29 is 9.47 Å². The molecule has 0 saturated carbocycles. The molecule has 1 heterocycles. The van der Waals surface area contributed by atoms with Crippen molar-refractivity contribution in [3.63, 3.8) is 0 Å². The highest BCUT2D eigenvalue weighted by molar-refractivity contribution is 4.45. The van der Waals surface area contributed by atoms with Crippen molar-refractivity contribution in [2.24, 2.45) is 0 Å². The van der Waals surface area contributed by atoms with E-state index < -0.39 is 0 Å². The number of rotatable bonds is 0. The van der Waals surface area contributed by atoms with Crippen LogP contribution in [0.4, 0.5) is 0 Å². The molecule has 0 aromatic carbocycles. The fraction of sp³-hybridized carbons (Fsp3) is 0.833. The highest BCUT2D eigenvalue weighted by atomic mass is 16.7. The molecule has 0 spiro atoms. The van der Waals surface area contributed by atoms with Gasteiger partial charge in [0.15, 0.2) is 0 Å². The van der Waals surface area contributed by atoms with Gasteiger partial charge in [-0.25, -0.2) is 0 Å². The summed E-state index contributed by atoms with van der Waals surface area (Å²) in [5.74, 6) is 0. The van der Waals surface area contributed by atoms with Crippen molar-refractivity contribution in [3.8, 4) is 0 Å². The van der Waals surface area contributed by atoms with E-state index in [1.807, 2.05) is 0 Å². The molecule has 0 bridgehead atoms. The molecule has 0 amide bonds. The quantitative estimate of drug-likeness (QED) is 0.474. The van der Waals surface area contributed by atoms with Gasteiger partial charge in [-0.1, -0.05) is 0 Å². The van der Waals surface area contributed by atoms with Crippen molar-refractivity contribution in [2.75, 3.05) is 13.2 Å². The summed E-state index contributed by atoms with van der Waals surface area (Å²) in [5, 5.41) is 0. The van der Waals surface area contributed by atoms with Crippen molar-refractivity contribution in [1.82, 2.24) is 0 Å². The minimum absolute atomic E-state index is 0.819. The molecule has 0 aliphatic carbocycles. The highest BCUT2D eigenvalue weighted by Gasteiger charge is 1.95. The van der Waals surface area contributed by atoms with E-state index in [1.165, 1.54) is 26.1 Å². The maximum absolute atomic E-state index is 4.93. The Hall–Kier alpha value is -0.0800. The van der Waals surface area contributed by atoms with Crippen LogP contribution >= 0.6 is 0 Å². The van der Waals surface area contributed by atoms with Crippen LogP contribution in [-0.2, 0) is 9.47 Å². The fourth-order valence-corrected chi connectivity index (χ4v) is 0.692. The first-order valence-electron chi connectivity index (χ1n) is 3.05. The van der Waals surface area contributed by atoms with Crippen LogP contribution < -0.4 is 0 Å². The SMILES string of the molecule is [CH]1OCCCCCO1. The normalized spacial score (nSPS) is 24.0. The Labute approximate surface area is 49.8 Å². The highest BCUT2D eigenvalue weighted by Crippen LogP contribution is 2.02. The number of ether oxygens (including phenoxy) is 2. The monoisotopic (exact) mass is 115 g/mol. The zero-order chi connectivity index (χ0) is 5.66. The van der Waals surface area contributed by atoms with Crippen LogP contribution in [0.5, 0.6) is 0 Å². The lowest BCUT2D eigenvalue weighted by Crippen LogP contribution is -2.02. The summed E-state index contributed by atoms with van der Waals surface area (Å²) in [4.78, 5) is 0. The molecule has 8 heavy (non-hydrogen) atoms. The second kappa shape index (κ2) is 3.87. The maximum Gasteiger partial charge on any atom is 0.209 e. The lowest BCUT2D eigenvalue weighted by atomic mass is 10.2. The van der Waals surface area contributed by atoms with Crippen LogP contribution in [0.2, 0.25) is 0 Å². The first-order valence-corrected chi connectivity index (χ1v) is 3.05. The van der Waals surface area contributed by atoms with Gasteiger partial charge in [-0.05, 0) is 19.3 Å². The van der Waals surface area contributed by atoms with Gasteiger partial charge in [0, 0.05) is 13.2 Å². The van der Waals surface area contributed by atoms with Gasteiger partial charge in [0.25, 0.3) is 0 Å². The summed E-state index contributed by atoms with van der Waals surface area (Å²) in [5.41, 5.74) is 0. The van der Waals surface area contributed by atoms with Crippen LogP contribution in [-0.4, -0.2) is 13.2 Å². The van der Waals surface area contributed by atoms with Crippen molar-refractivity contribution in [2.45, 2.75) is 19.3 Å². The predicted octanol–water partition coefficient (Wildman–Crippen LogP) is 1.32. The van der Waals surface area contributed by atoms with Crippen molar-refractivity contribution in [3.05, 3.63) is 6.79 Å². The van der Waals surface area contributed by atoms with Crippen LogP contribution in [0, 0.1) is 6.79 Å². The lowest BCUT2D eigenvalue weighted by Gasteiger charge is -2.07. The zero-order valence-corrected chi connectivity index (χ0v) is 4.93. The van der Waals surface area contributed by atoms with Crippen LogP contribution in [0.1, 0.15) is 19.3 Å². The standard InChI is InChI=1S/C6H11O2/c1-2-4-7-6-8-5-3-1/h6H,1-5H2. The van der Waals surface area contributed by atoms with E-state index in [4.69, 9.17) is 9.47 Å². The molecule has 0 N–H and O–H groups in total. The van der Waals surface area contributed by atoms with Gasteiger partial charge in [-0.3, -0.25) is 0 Å². The molecular weight excluding hydrogens is 104 g/mol. The van der Waals surface area contributed by atoms with E-state index in [9.17, 15) is 0 Å². The molecule has 1 aliphatic rings. The third kappa shape index (κ3) is 2.28. The molecule has 1 fully saturated rings. The topological polar surface area (TPSA) is 18.5 Å². The Morgan fingerprint density at radius 1 is 0.875 bits per heavy atom. The molecule has 47 valence electrons. The van der Waals surface area contributed by atoms with Gasteiger partial charge in [0.05, 0.1) is 0 Å². The third-order valence-corrected chi connectivity index (χ3v) is 1.16. The Balaban J connectivity index is 2.00. The Morgan fingerprint density at radius 3 is 2.12 bits per heavy atom. The summed E-state index contributed by atoms with van der Waals surface area (Å²) in [6, 6.07) is 0. The van der Waals surface area contributed by atoms with Gasteiger partial charge in [0.2, 0.25) is 6.79 Å². The van der Waals surface area contributed by atoms with Gasteiger partial charge < -0.3 is 9.47 Å². The van der Waals surface area contributed by atoms with Crippen molar-refractivity contribution >= 4 is 0 Å². The molecule has 1 aliphatic heterocycles. The third-order valence-electron chi connectivity index (χ3n) is 1.16. The molecule has 1 rings (SSSR count). The Bertz CT molecular complexity index is 30.5. The fourth-order valence-electron chi connectivity index (χ4n) is 0.692. The molecule has 0 aromatic heterocycles. The van der Waals surface area contributed by atoms with Crippen LogP contribution in [0.3, 0.4) is 0 Å². The predicted molar refractivity (Wildman–Crippen MR) is 30.1 cm³/mol. The van der Waals surface area contributed by atoms with E-state index in [-0.39, 0.29) is 0 Å². The molecule has 0 aromatic rings. The summed E-state index contributed by atoms with van der Waals surface area (Å²) in [7, 11) is 0. The van der Waals surface area contributed by atoms with Gasteiger partial charge >= 0.3 is 0 Å². The lowest BCUT2D eigenvalue weighted by molar-refractivity contribution is 0.00531. The Kier molecular flexibility index (Phi) is 2.92. The summed E-state index contributed by atoms with van der Waals surface area (Å²) >= 11 is 0. The van der Waals surface area contributed by atoms with Gasteiger partial charge in [0.1, 0.15) is 0 Å². The molecule has 0 atom stereocenters. The molecular formula is C6H11O2. The smallest absolute Gasteiger partial charge is 0.209 e. The molecule has 0 unspecified atom stereocenters. The largest absolute Gasteiger partial charge is 0.348 e. The summed E-state index contributed by atoms with van der Waals surface area (Å²) < 4.78 is 9.85. The summed E-state index contributed by atoms with van der Waals surface area (Å²) in [6.07, 6.45) is 3.56. The second-order valence-electron chi connectivity index (χ2n) is 1.90. The van der Waals surface area contributed by atoms with E-state index in [0.717, 1.165) is 13.2 Å². The first-order chi connectivity index (χ1) is 4.00. The minimum atomic E-state index is 0.819. The van der Waals surface area contributed by atoms with Gasteiger partial charge in [-0.15, -0.1) is 0 Å². The second-order valence-corrected chi connectivity index (χ2v) is 1.90. The number of hydrogen-bond donors (Lipinski definition) is 0. The average Bonchev–Trinajstić information content (AvgIpc) is 1.62. The minimum Gasteiger partial charge on any atom is -0.348 e. The van der Waals surface area contributed by atoms with E-state index in [0.29, 0.717) is 0 Å². The van der Waals surface area contributed by atoms with Crippen molar-refractivity contribution in [1.29, 1.82) is 0 Å². The van der Waals surface area contributed by atoms with E-state index >= 15 is 0 Å². The number of hydrogen-bond acceptors (Lipinski definition) is 2. The average molecular weight is 115 g/mol. The maximum atomic E-state index is 4.93. The van der Waals surface area contributed by atoms with E-state index in [2.05, 4.69) is 0 Å². The van der Waals surface area contributed by atoms with E-state index in [1.54, 1.807) is 0 Å². The zero-order valence-electron chi connectivity index (χ0n) is 4.93. The Morgan fingerprint density at radius 2 is 1.50 bits per heavy atom. The molecule has 1 saturated heterocycles. The molecule has 1 radical (unpaired) electrons. The molecule has 2 nitrogen and oxygen atoms in total. The first kappa shape index (κ1) is 6.05. The summed E-state index contributed by atoms with van der Waals surface area (Å²) in [6.45, 7) is 3.08. The van der Waals surface area contributed by atoms with Gasteiger partial charge in [-0.2, -0.15) is 0 Å². The van der Waals surface area contributed by atoms with Crippen LogP contribution in [0.15, 0.2) is 0 Å².